The summed E-state index contributed by atoms with van der Waals surface area (Å²) in [6.07, 6.45) is 5.18. The van der Waals surface area contributed by atoms with Crippen LogP contribution in [-0.2, 0) is 0 Å². The number of nitrogens with zero attached hydrogens (tertiary/aromatic N) is 5. The van der Waals surface area contributed by atoms with Crippen molar-refractivity contribution in [2.24, 2.45) is 0 Å². The maximum Gasteiger partial charge on any atom is 0.233 e. The summed E-state index contributed by atoms with van der Waals surface area (Å²) in [6, 6.07) is 9.28. The second-order valence-electron chi connectivity index (χ2n) is 3.80. The van der Waals surface area contributed by atoms with Gasteiger partial charge in [-0.25, -0.2) is 4.68 Å². The van der Waals surface area contributed by atoms with Gasteiger partial charge in [-0.15, -0.1) is 10.2 Å². The number of hydrogen-bond donors (Lipinski definition) is 0. The Morgan fingerprint density at radius 2 is 2.00 bits per heavy atom. The number of rotatable bonds is 3. The quantitative estimate of drug-likeness (QED) is 0.711. The molecule has 3 heterocycles. The fourth-order valence-corrected chi connectivity index (χ4v) is 1.75. The van der Waals surface area contributed by atoms with Crippen LogP contribution in [0.3, 0.4) is 0 Å². The SMILES string of the molecule is COc1ccc(-c2ccnn2-c2cccnc2)nn1. The predicted octanol–water partition coefficient (Wildman–Crippen LogP) is 1.73. The lowest BCUT2D eigenvalue weighted by Gasteiger charge is -2.06. The molecule has 0 amide bonds. The van der Waals surface area contributed by atoms with E-state index in [9.17, 15) is 0 Å². The van der Waals surface area contributed by atoms with Gasteiger partial charge in [-0.1, -0.05) is 0 Å². The Labute approximate surface area is 109 Å². The molecule has 3 rings (SSSR count). The highest BCUT2D eigenvalue weighted by molar-refractivity contribution is 5.56. The second kappa shape index (κ2) is 4.85. The molecule has 94 valence electrons. The molecule has 0 aliphatic rings. The van der Waals surface area contributed by atoms with E-state index in [2.05, 4.69) is 20.3 Å². The third-order valence-corrected chi connectivity index (χ3v) is 2.64. The number of ether oxygens (including phenoxy) is 1. The van der Waals surface area contributed by atoms with E-state index in [1.54, 1.807) is 36.4 Å². The number of hydrogen-bond acceptors (Lipinski definition) is 5. The van der Waals surface area contributed by atoms with Gasteiger partial charge in [-0.05, 0) is 24.3 Å². The minimum atomic E-state index is 0.483. The van der Waals surface area contributed by atoms with E-state index in [1.807, 2.05) is 24.3 Å². The Morgan fingerprint density at radius 3 is 2.68 bits per heavy atom. The van der Waals surface area contributed by atoms with Gasteiger partial charge >= 0.3 is 0 Å². The van der Waals surface area contributed by atoms with Gasteiger partial charge in [0.2, 0.25) is 5.88 Å². The van der Waals surface area contributed by atoms with Crippen molar-refractivity contribution in [1.29, 1.82) is 0 Å². The first-order chi connectivity index (χ1) is 9.38. The van der Waals surface area contributed by atoms with Gasteiger partial charge < -0.3 is 4.74 Å². The molecule has 19 heavy (non-hydrogen) atoms. The average molecular weight is 253 g/mol. The van der Waals surface area contributed by atoms with Crippen LogP contribution in [0.25, 0.3) is 17.1 Å². The molecule has 0 fully saturated rings. The van der Waals surface area contributed by atoms with Crippen molar-refractivity contribution in [3.05, 3.63) is 48.9 Å². The zero-order chi connectivity index (χ0) is 13.1. The first-order valence-corrected chi connectivity index (χ1v) is 5.71. The molecule has 6 heteroatoms. The zero-order valence-corrected chi connectivity index (χ0v) is 10.3. The van der Waals surface area contributed by atoms with Crippen LogP contribution in [0.5, 0.6) is 5.88 Å². The van der Waals surface area contributed by atoms with Crippen LogP contribution >= 0.6 is 0 Å². The normalized spacial score (nSPS) is 10.4. The summed E-state index contributed by atoms with van der Waals surface area (Å²) in [5, 5.41) is 12.4. The van der Waals surface area contributed by atoms with E-state index in [1.165, 1.54) is 0 Å². The largest absolute Gasteiger partial charge is 0.480 e. The van der Waals surface area contributed by atoms with Gasteiger partial charge in [-0.3, -0.25) is 4.98 Å². The van der Waals surface area contributed by atoms with E-state index in [0.717, 1.165) is 17.1 Å². The maximum absolute atomic E-state index is 5.00. The molecule has 0 radical (unpaired) electrons. The van der Waals surface area contributed by atoms with Crippen molar-refractivity contribution in [3.63, 3.8) is 0 Å². The topological polar surface area (TPSA) is 65.7 Å². The molecule has 0 unspecified atom stereocenters. The van der Waals surface area contributed by atoms with Crippen molar-refractivity contribution in [2.75, 3.05) is 7.11 Å². The van der Waals surface area contributed by atoms with Crippen molar-refractivity contribution in [2.45, 2.75) is 0 Å². The molecule has 0 aromatic carbocycles. The van der Waals surface area contributed by atoms with Crippen molar-refractivity contribution >= 4 is 0 Å². The smallest absolute Gasteiger partial charge is 0.233 e. The van der Waals surface area contributed by atoms with Crippen molar-refractivity contribution in [3.8, 4) is 23.0 Å². The van der Waals surface area contributed by atoms with Crippen molar-refractivity contribution < 1.29 is 4.74 Å². The molecule has 0 N–H and O–H groups in total. The molecule has 3 aromatic rings. The molecule has 6 nitrogen and oxygen atoms in total. The van der Waals surface area contributed by atoms with E-state index >= 15 is 0 Å². The van der Waals surface area contributed by atoms with E-state index in [4.69, 9.17) is 4.74 Å². The first kappa shape index (κ1) is 11.3. The molecule has 0 bridgehead atoms. The minimum absolute atomic E-state index is 0.483. The Hall–Kier alpha value is -2.76. The maximum atomic E-state index is 5.00. The lowest BCUT2D eigenvalue weighted by atomic mass is 10.3. The van der Waals surface area contributed by atoms with Gasteiger partial charge in [0.05, 0.1) is 30.9 Å². The Balaban J connectivity index is 2.04. The van der Waals surface area contributed by atoms with Gasteiger partial charge in [0.1, 0.15) is 5.69 Å². The lowest BCUT2D eigenvalue weighted by molar-refractivity contribution is 0.392. The fourth-order valence-electron chi connectivity index (χ4n) is 1.75. The van der Waals surface area contributed by atoms with Crippen molar-refractivity contribution in [1.82, 2.24) is 25.0 Å². The number of methoxy groups -OCH3 is 1. The highest BCUT2D eigenvalue weighted by Gasteiger charge is 2.09. The summed E-state index contributed by atoms with van der Waals surface area (Å²) in [5.41, 5.74) is 2.45. The highest BCUT2D eigenvalue weighted by Crippen LogP contribution is 2.20. The predicted molar refractivity (Wildman–Crippen MR) is 68.9 cm³/mol. The molecule has 0 saturated carbocycles. The molecule has 3 aromatic heterocycles. The van der Waals surface area contributed by atoms with Gasteiger partial charge in [0.15, 0.2) is 0 Å². The van der Waals surface area contributed by atoms with Crippen LogP contribution in [0.15, 0.2) is 48.9 Å². The summed E-state index contributed by atoms with van der Waals surface area (Å²) in [4.78, 5) is 4.09. The standard InChI is InChI=1S/C13H11N5O/c1-19-13-5-4-11(16-17-13)12-6-8-15-18(12)10-3-2-7-14-9-10/h2-9H,1H3. The first-order valence-electron chi connectivity index (χ1n) is 5.71. The van der Waals surface area contributed by atoms with Gasteiger partial charge in [-0.2, -0.15) is 5.10 Å². The highest BCUT2D eigenvalue weighted by atomic mass is 16.5. The Kier molecular flexibility index (Phi) is 2.89. The summed E-state index contributed by atoms with van der Waals surface area (Å²) < 4.78 is 6.76. The third kappa shape index (κ3) is 2.15. The number of pyridine rings is 1. The molecule has 0 aliphatic heterocycles. The molecule has 0 atom stereocenters. The van der Waals surface area contributed by atoms with Crippen LogP contribution in [0.1, 0.15) is 0 Å². The lowest BCUT2D eigenvalue weighted by Crippen LogP contribution is -2.01. The van der Waals surface area contributed by atoms with E-state index < -0.39 is 0 Å². The monoisotopic (exact) mass is 253 g/mol. The zero-order valence-electron chi connectivity index (χ0n) is 10.3. The Bertz CT molecular complexity index is 663. The van der Waals surface area contributed by atoms with Crippen LogP contribution in [-0.4, -0.2) is 32.1 Å². The minimum Gasteiger partial charge on any atom is -0.480 e. The average Bonchev–Trinajstić information content (AvgIpc) is 2.98. The molecular formula is C13H11N5O. The van der Waals surface area contributed by atoms with Gasteiger partial charge in [0.25, 0.3) is 0 Å². The number of aromatic nitrogens is 5. The third-order valence-electron chi connectivity index (χ3n) is 2.64. The Morgan fingerprint density at radius 1 is 1.05 bits per heavy atom. The summed E-state index contributed by atoms with van der Waals surface area (Å²) in [6.45, 7) is 0. The van der Waals surface area contributed by atoms with Gasteiger partial charge in [0, 0.05) is 12.3 Å². The summed E-state index contributed by atoms with van der Waals surface area (Å²) >= 11 is 0. The molecule has 0 saturated heterocycles. The fraction of sp³-hybridized carbons (Fsp3) is 0.0769. The van der Waals surface area contributed by atoms with E-state index in [-0.39, 0.29) is 0 Å². The van der Waals surface area contributed by atoms with Crippen LogP contribution in [0.2, 0.25) is 0 Å². The van der Waals surface area contributed by atoms with Crippen LogP contribution < -0.4 is 4.74 Å². The summed E-state index contributed by atoms with van der Waals surface area (Å²) in [7, 11) is 1.56. The molecule has 0 spiro atoms. The molecular weight excluding hydrogens is 242 g/mol. The second-order valence-corrected chi connectivity index (χ2v) is 3.80. The van der Waals surface area contributed by atoms with Crippen LogP contribution in [0, 0.1) is 0 Å². The summed E-state index contributed by atoms with van der Waals surface area (Å²) in [5.74, 6) is 0.483. The molecule has 0 aliphatic carbocycles. The van der Waals surface area contributed by atoms with Crippen LogP contribution in [0.4, 0.5) is 0 Å². The van der Waals surface area contributed by atoms with E-state index in [0.29, 0.717) is 5.88 Å².